The molecule has 106 valence electrons. The van der Waals surface area contributed by atoms with Crippen molar-refractivity contribution >= 4 is 5.97 Å². The summed E-state index contributed by atoms with van der Waals surface area (Å²) in [7, 11) is 2.16. The second kappa shape index (κ2) is 6.21. The number of piperidine rings is 1. The van der Waals surface area contributed by atoms with Gasteiger partial charge in [-0.15, -0.1) is 0 Å². The number of hydrogen-bond donors (Lipinski definition) is 2. The molecule has 0 radical (unpaired) electrons. The molecule has 0 spiro atoms. The standard InChI is InChI=1S/C14H22N2O3/c1-10-12(7-13(19-10)14(17)18)9-15-8-11-3-5-16(2)6-4-11/h7,11,15H,3-6,8-9H2,1-2H3,(H,17,18). The van der Waals surface area contributed by atoms with E-state index < -0.39 is 5.97 Å². The third-order valence-corrected chi connectivity index (χ3v) is 3.82. The Morgan fingerprint density at radius 1 is 1.53 bits per heavy atom. The lowest BCUT2D eigenvalue weighted by molar-refractivity contribution is 0.0661. The zero-order chi connectivity index (χ0) is 13.8. The largest absolute Gasteiger partial charge is 0.475 e. The van der Waals surface area contributed by atoms with Gasteiger partial charge in [-0.05, 0) is 58.4 Å². The molecule has 0 unspecified atom stereocenters. The van der Waals surface area contributed by atoms with Gasteiger partial charge in [-0.2, -0.15) is 0 Å². The molecule has 0 aromatic carbocycles. The van der Waals surface area contributed by atoms with Crippen LogP contribution in [0.5, 0.6) is 0 Å². The van der Waals surface area contributed by atoms with Crippen LogP contribution in [0, 0.1) is 12.8 Å². The van der Waals surface area contributed by atoms with Crippen molar-refractivity contribution in [2.45, 2.75) is 26.3 Å². The lowest BCUT2D eigenvalue weighted by Gasteiger charge is -2.29. The van der Waals surface area contributed by atoms with Gasteiger partial charge in [0.05, 0.1) is 0 Å². The lowest BCUT2D eigenvalue weighted by Crippen LogP contribution is -2.34. The number of nitrogens with one attached hydrogen (secondary N) is 1. The number of rotatable bonds is 5. The Kier molecular flexibility index (Phi) is 4.61. The molecule has 0 bridgehead atoms. The van der Waals surface area contributed by atoms with E-state index in [1.54, 1.807) is 13.0 Å². The quantitative estimate of drug-likeness (QED) is 0.849. The molecule has 2 heterocycles. The second-order valence-electron chi connectivity index (χ2n) is 5.37. The van der Waals surface area contributed by atoms with E-state index >= 15 is 0 Å². The number of carboxylic acids is 1. The van der Waals surface area contributed by atoms with E-state index in [2.05, 4.69) is 17.3 Å². The van der Waals surface area contributed by atoms with Crippen LogP contribution in [0.4, 0.5) is 0 Å². The zero-order valence-corrected chi connectivity index (χ0v) is 11.6. The fourth-order valence-electron chi connectivity index (χ4n) is 2.48. The van der Waals surface area contributed by atoms with E-state index in [1.807, 2.05) is 0 Å². The smallest absolute Gasteiger partial charge is 0.371 e. The van der Waals surface area contributed by atoms with Crippen LogP contribution in [-0.4, -0.2) is 42.7 Å². The summed E-state index contributed by atoms with van der Waals surface area (Å²) in [5.41, 5.74) is 0.935. The molecule has 2 N–H and O–H groups in total. The molecule has 0 saturated carbocycles. The average molecular weight is 266 g/mol. The van der Waals surface area contributed by atoms with Crippen molar-refractivity contribution in [3.8, 4) is 0 Å². The molecule has 1 aromatic rings. The Morgan fingerprint density at radius 2 is 2.21 bits per heavy atom. The van der Waals surface area contributed by atoms with Crippen LogP contribution in [-0.2, 0) is 6.54 Å². The average Bonchev–Trinajstić information content (AvgIpc) is 2.74. The van der Waals surface area contributed by atoms with Crippen LogP contribution in [0.2, 0.25) is 0 Å². The Bertz CT molecular complexity index is 434. The van der Waals surface area contributed by atoms with Crippen LogP contribution in [0.3, 0.4) is 0 Å². The number of carboxylic acid groups (broad SMARTS) is 1. The molecular formula is C14H22N2O3. The van der Waals surface area contributed by atoms with Gasteiger partial charge in [0.15, 0.2) is 0 Å². The van der Waals surface area contributed by atoms with E-state index in [-0.39, 0.29) is 5.76 Å². The number of likely N-dealkylation sites (tertiary alicyclic amines) is 1. The minimum atomic E-state index is -1.01. The predicted octanol–water partition coefficient (Wildman–Crippen LogP) is 1.72. The number of carbonyl (C=O) groups is 1. The Hall–Kier alpha value is -1.33. The summed E-state index contributed by atoms with van der Waals surface area (Å²) >= 11 is 0. The van der Waals surface area contributed by atoms with Crippen LogP contribution in [0.15, 0.2) is 10.5 Å². The molecule has 5 heteroatoms. The van der Waals surface area contributed by atoms with Crippen molar-refractivity contribution in [3.05, 3.63) is 23.2 Å². The van der Waals surface area contributed by atoms with Gasteiger partial charge in [-0.1, -0.05) is 0 Å². The van der Waals surface area contributed by atoms with E-state index in [4.69, 9.17) is 9.52 Å². The fraction of sp³-hybridized carbons (Fsp3) is 0.643. The molecule has 1 aromatic heterocycles. The summed E-state index contributed by atoms with van der Waals surface area (Å²) in [5.74, 6) is 0.425. The summed E-state index contributed by atoms with van der Waals surface area (Å²) in [6.45, 7) is 5.80. The highest BCUT2D eigenvalue weighted by molar-refractivity contribution is 5.84. The van der Waals surface area contributed by atoms with Gasteiger partial charge < -0.3 is 19.7 Å². The number of furan rings is 1. The number of nitrogens with zero attached hydrogens (tertiary/aromatic N) is 1. The third kappa shape index (κ3) is 3.81. The summed E-state index contributed by atoms with van der Waals surface area (Å²) < 4.78 is 5.19. The van der Waals surface area contributed by atoms with Gasteiger partial charge in [0.2, 0.25) is 5.76 Å². The first-order chi connectivity index (χ1) is 9.06. The van der Waals surface area contributed by atoms with Gasteiger partial charge >= 0.3 is 5.97 Å². The molecule has 1 fully saturated rings. The van der Waals surface area contributed by atoms with Gasteiger partial charge in [0, 0.05) is 12.1 Å². The minimum absolute atomic E-state index is 0.0218. The Balaban J connectivity index is 1.78. The molecule has 1 aliphatic rings. The van der Waals surface area contributed by atoms with Crippen LogP contribution >= 0.6 is 0 Å². The number of hydrogen-bond acceptors (Lipinski definition) is 4. The highest BCUT2D eigenvalue weighted by Gasteiger charge is 2.17. The maximum atomic E-state index is 10.8. The molecule has 0 aliphatic carbocycles. The molecule has 5 nitrogen and oxygen atoms in total. The van der Waals surface area contributed by atoms with E-state index in [1.165, 1.54) is 25.9 Å². The molecule has 1 saturated heterocycles. The molecule has 2 rings (SSSR count). The predicted molar refractivity (Wildman–Crippen MR) is 72.3 cm³/mol. The molecule has 0 amide bonds. The van der Waals surface area contributed by atoms with Crippen molar-refractivity contribution in [2.75, 3.05) is 26.7 Å². The highest BCUT2D eigenvalue weighted by atomic mass is 16.4. The summed E-state index contributed by atoms with van der Waals surface area (Å²) in [4.78, 5) is 13.2. The summed E-state index contributed by atoms with van der Waals surface area (Å²) in [6.07, 6.45) is 2.46. The molecule has 19 heavy (non-hydrogen) atoms. The summed E-state index contributed by atoms with van der Waals surface area (Å²) in [6, 6.07) is 1.61. The van der Waals surface area contributed by atoms with Crippen LogP contribution in [0.25, 0.3) is 0 Å². The van der Waals surface area contributed by atoms with Crippen molar-refractivity contribution in [1.29, 1.82) is 0 Å². The molecular weight excluding hydrogens is 244 g/mol. The van der Waals surface area contributed by atoms with Crippen molar-refractivity contribution in [3.63, 3.8) is 0 Å². The first-order valence-corrected chi connectivity index (χ1v) is 6.78. The fourth-order valence-corrected chi connectivity index (χ4v) is 2.48. The second-order valence-corrected chi connectivity index (χ2v) is 5.37. The lowest BCUT2D eigenvalue weighted by atomic mass is 9.97. The van der Waals surface area contributed by atoms with Gasteiger partial charge in [0.1, 0.15) is 5.76 Å². The first kappa shape index (κ1) is 14.1. The minimum Gasteiger partial charge on any atom is -0.475 e. The SMILES string of the molecule is Cc1oc(C(=O)O)cc1CNCC1CCN(C)CC1. The molecule has 0 atom stereocenters. The normalized spacial score (nSPS) is 17.8. The topological polar surface area (TPSA) is 65.7 Å². The van der Waals surface area contributed by atoms with E-state index in [0.29, 0.717) is 12.3 Å². The van der Waals surface area contributed by atoms with Crippen molar-refractivity contribution < 1.29 is 14.3 Å². The van der Waals surface area contributed by atoms with Crippen molar-refractivity contribution in [2.24, 2.45) is 5.92 Å². The Morgan fingerprint density at radius 3 is 2.79 bits per heavy atom. The van der Waals surface area contributed by atoms with Gasteiger partial charge in [-0.3, -0.25) is 0 Å². The van der Waals surface area contributed by atoms with E-state index in [9.17, 15) is 4.79 Å². The van der Waals surface area contributed by atoms with Crippen LogP contribution < -0.4 is 5.32 Å². The van der Waals surface area contributed by atoms with Crippen molar-refractivity contribution in [1.82, 2.24) is 10.2 Å². The third-order valence-electron chi connectivity index (χ3n) is 3.82. The number of aryl methyl sites for hydroxylation is 1. The van der Waals surface area contributed by atoms with Gasteiger partial charge in [0.25, 0.3) is 0 Å². The first-order valence-electron chi connectivity index (χ1n) is 6.78. The Labute approximate surface area is 113 Å². The summed E-state index contributed by atoms with van der Waals surface area (Å²) in [5, 5.41) is 12.3. The van der Waals surface area contributed by atoms with E-state index in [0.717, 1.165) is 18.0 Å². The maximum absolute atomic E-state index is 10.8. The maximum Gasteiger partial charge on any atom is 0.371 e. The highest BCUT2D eigenvalue weighted by Crippen LogP contribution is 2.17. The number of aromatic carboxylic acids is 1. The van der Waals surface area contributed by atoms with Crippen LogP contribution in [0.1, 0.15) is 34.7 Å². The zero-order valence-electron chi connectivity index (χ0n) is 11.6. The van der Waals surface area contributed by atoms with Gasteiger partial charge in [-0.25, -0.2) is 4.79 Å². The monoisotopic (exact) mass is 266 g/mol. The molecule has 1 aliphatic heterocycles.